The van der Waals surface area contributed by atoms with Crippen molar-refractivity contribution in [3.8, 4) is 34.4 Å². The largest absolute Gasteiger partial charge is 0.493 e. The SMILES string of the molecule is COc1cc(-c2cc(C3CCCNC3)nc(N)c2C#N)cc2c1OCO2. The number of aromatic nitrogens is 1. The Morgan fingerprint density at radius 2 is 2.23 bits per heavy atom. The molecule has 1 aromatic heterocycles. The molecule has 2 aliphatic rings. The van der Waals surface area contributed by atoms with Crippen LogP contribution >= 0.6 is 0 Å². The van der Waals surface area contributed by atoms with Crippen LogP contribution in [0.1, 0.15) is 30.0 Å². The van der Waals surface area contributed by atoms with Crippen molar-refractivity contribution in [3.05, 3.63) is 29.5 Å². The summed E-state index contributed by atoms with van der Waals surface area (Å²) in [4.78, 5) is 4.50. The Morgan fingerprint density at radius 1 is 1.35 bits per heavy atom. The van der Waals surface area contributed by atoms with E-state index in [9.17, 15) is 5.26 Å². The third-order valence-electron chi connectivity index (χ3n) is 4.86. The molecule has 0 radical (unpaired) electrons. The first-order chi connectivity index (χ1) is 12.7. The minimum absolute atomic E-state index is 0.151. The summed E-state index contributed by atoms with van der Waals surface area (Å²) < 4.78 is 16.4. The molecule has 7 heteroatoms. The van der Waals surface area contributed by atoms with Crippen molar-refractivity contribution in [3.63, 3.8) is 0 Å². The fourth-order valence-corrected chi connectivity index (χ4v) is 3.53. The van der Waals surface area contributed by atoms with Crippen molar-refractivity contribution in [1.29, 1.82) is 5.26 Å². The highest BCUT2D eigenvalue weighted by Crippen LogP contribution is 2.45. The number of nitrogens with one attached hydrogen (secondary N) is 1. The number of rotatable bonds is 3. The normalized spacial score (nSPS) is 18.4. The molecule has 0 spiro atoms. The highest BCUT2D eigenvalue weighted by atomic mass is 16.7. The Labute approximate surface area is 151 Å². The Balaban J connectivity index is 1.85. The molecular weight excluding hydrogens is 332 g/mol. The number of nitrogens with two attached hydrogens (primary N) is 1. The number of fused-ring (bicyclic) bond motifs is 1. The molecule has 4 rings (SSSR count). The lowest BCUT2D eigenvalue weighted by atomic mass is 9.92. The number of methoxy groups -OCH3 is 1. The van der Waals surface area contributed by atoms with Crippen LogP contribution in [0.2, 0.25) is 0 Å². The number of ether oxygens (including phenoxy) is 3. The van der Waals surface area contributed by atoms with E-state index in [1.807, 2.05) is 18.2 Å². The van der Waals surface area contributed by atoms with Crippen molar-refractivity contribution < 1.29 is 14.2 Å². The second-order valence-corrected chi connectivity index (χ2v) is 6.42. The van der Waals surface area contributed by atoms with Gasteiger partial charge in [-0.05, 0) is 43.1 Å². The number of anilines is 1. The zero-order valence-electron chi connectivity index (χ0n) is 14.5. The van der Waals surface area contributed by atoms with Gasteiger partial charge in [0.15, 0.2) is 11.5 Å². The summed E-state index contributed by atoms with van der Waals surface area (Å²) in [6.45, 7) is 2.04. The number of hydrogen-bond acceptors (Lipinski definition) is 7. The van der Waals surface area contributed by atoms with Crippen LogP contribution in [0.3, 0.4) is 0 Å². The zero-order chi connectivity index (χ0) is 18.1. The molecule has 0 bridgehead atoms. The van der Waals surface area contributed by atoms with E-state index in [-0.39, 0.29) is 18.5 Å². The van der Waals surface area contributed by atoms with E-state index in [0.29, 0.717) is 22.8 Å². The van der Waals surface area contributed by atoms with Gasteiger partial charge >= 0.3 is 0 Å². The van der Waals surface area contributed by atoms with Gasteiger partial charge in [0, 0.05) is 23.7 Å². The molecule has 0 amide bonds. The Hall–Kier alpha value is -2.98. The molecule has 3 heterocycles. The van der Waals surface area contributed by atoms with Gasteiger partial charge in [0.2, 0.25) is 12.5 Å². The van der Waals surface area contributed by atoms with E-state index in [4.69, 9.17) is 19.9 Å². The maximum atomic E-state index is 9.61. The molecule has 1 saturated heterocycles. The molecule has 1 aromatic carbocycles. The Morgan fingerprint density at radius 3 is 2.96 bits per heavy atom. The van der Waals surface area contributed by atoms with Gasteiger partial charge in [-0.1, -0.05) is 0 Å². The molecule has 0 saturated carbocycles. The lowest BCUT2D eigenvalue weighted by Crippen LogP contribution is -2.29. The summed E-state index contributed by atoms with van der Waals surface area (Å²) in [7, 11) is 1.58. The number of hydrogen-bond donors (Lipinski definition) is 2. The van der Waals surface area contributed by atoms with E-state index in [1.54, 1.807) is 7.11 Å². The molecule has 1 fully saturated rings. The van der Waals surface area contributed by atoms with Crippen LogP contribution in [0.4, 0.5) is 5.82 Å². The first-order valence-electron chi connectivity index (χ1n) is 8.60. The zero-order valence-corrected chi connectivity index (χ0v) is 14.5. The molecule has 0 aliphatic carbocycles. The van der Waals surface area contributed by atoms with Crippen LogP contribution in [0.5, 0.6) is 17.2 Å². The first-order valence-corrected chi connectivity index (χ1v) is 8.60. The average molecular weight is 352 g/mol. The second kappa shape index (κ2) is 6.73. The van der Waals surface area contributed by atoms with Crippen molar-refractivity contribution in [2.45, 2.75) is 18.8 Å². The van der Waals surface area contributed by atoms with Gasteiger partial charge in [0.1, 0.15) is 17.5 Å². The highest BCUT2D eigenvalue weighted by molar-refractivity contribution is 5.79. The van der Waals surface area contributed by atoms with E-state index in [1.165, 1.54) is 0 Å². The Kier molecular flexibility index (Phi) is 4.27. The van der Waals surface area contributed by atoms with Gasteiger partial charge in [-0.2, -0.15) is 5.26 Å². The summed E-state index contributed by atoms with van der Waals surface area (Å²) in [6, 6.07) is 7.83. The van der Waals surface area contributed by atoms with Crippen molar-refractivity contribution >= 4 is 5.82 Å². The van der Waals surface area contributed by atoms with Gasteiger partial charge in [-0.15, -0.1) is 0 Å². The summed E-state index contributed by atoms with van der Waals surface area (Å²) in [6.07, 6.45) is 2.15. The molecule has 134 valence electrons. The molecule has 2 aromatic rings. The summed E-state index contributed by atoms with van der Waals surface area (Å²) in [5, 5.41) is 13.0. The van der Waals surface area contributed by atoms with Gasteiger partial charge in [0.25, 0.3) is 0 Å². The number of piperidine rings is 1. The minimum Gasteiger partial charge on any atom is -0.493 e. The van der Waals surface area contributed by atoms with Crippen molar-refractivity contribution in [1.82, 2.24) is 10.3 Å². The van der Waals surface area contributed by atoms with E-state index >= 15 is 0 Å². The van der Waals surface area contributed by atoms with Crippen LogP contribution in [0.25, 0.3) is 11.1 Å². The van der Waals surface area contributed by atoms with Crippen LogP contribution in [0, 0.1) is 11.3 Å². The number of nitriles is 1. The molecule has 26 heavy (non-hydrogen) atoms. The third-order valence-corrected chi connectivity index (χ3v) is 4.86. The molecule has 7 nitrogen and oxygen atoms in total. The highest BCUT2D eigenvalue weighted by Gasteiger charge is 2.24. The van der Waals surface area contributed by atoms with E-state index < -0.39 is 0 Å². The minimum atomic E-state index is 0.151. The topological polar surface area (TPSA) is 102 Å². The smallest absolute Gasteiger partial charge is 0.231 e. The lowest BCUT2D eigenvalue weighted by Gasteiger charge is -2.23. The number of benzene rings is 1. The predicted octanol–water partition coefficient (Wildman–Crippen LogP) is 2.41. The molecule has 1 unspecified atom stereocenters. The molecular formula is C19H20N4O3. The molecule has 1 atom stereocenters. The van der Waals surface area contributed by atoms with Gasteiger partial charge in [-0.3, -0.25) is 0 Å². The lowest BCUT2D eigenvalue weighted by molar-refractivity contribution is 0.171. The number of nitrogens with zero attached hydrogens (tertiary/aromatic N) is 2. The van der Waals surface area contributed by atoms with E-state index in [0.717, 1.165) is 42.8 Å². The van der Waals surface area contributed by atoms with Crippen molar-refractivity contribution in [2.75, 3.05) is 32.7 Å². The number of pyridine rings is 1. The van der Waals surface area contributed by atoms with Gasteiger partial charge < -0.3 is 25.3 Å². The van der Waals surface area contributed by atoms with Crippen LogP contribution in [0.15, 0.2) is 18.2 Å². The fourth-order valence-electron chi connectivity index (χ4n) is 3.53. The summed E-state index contributed by atoms with van der Waals surface area (Å²) >= 11 is 0. The first kappa shape index (κ1) is 16.5. The number of nitrogen functional groups attached to an aromatic ring is 1. The standard InChI is InChI=1S/C19H20N4O3/c1-24-16-5-12(6-17-18(16)26-10-25-17)13-7-15(11-3-2-4-22-9-11)23-19(21)14(13)8-20/h5-7,11,22H,2-4,9-10H2,1H3,(H2,21,23). The van der Waals surface area contributed by atoms with Crippen LogP contribution < -0.4 is 25.3 Å². The van der Waals surface area contributed by atoms with E-state index in [2.05, 4.69) is 16.4 Å². The monoisotopic (exact) mass is 352 g/mol. The average Bonchev–Trinajstić information content (AvgIpc) is 3.16. The third kappa shape index (κ3) is 2.78. The van der Waals surface area contributed by atoms with Crippen molar-refractivity contribution in [2.24, 2.45) is 0 Å². The maximum Gasteiger partial charge on any atom is 0.231 e. The molecule has 2 aliphatic heterocycles. The maximum absolute atomic E-state index is 9.61. The summed E-state index contributed by atoms with van der Waals surface area (Å²) in [5.74, 6) is 2.28. The molecule has 3 N–H and O–H groups in total. The summed E-state index contributed by atoms with van der Waals surface area (Å²) in [5.41, 5.74) is 8.91. The Bertz CT molecular complexity index is 885. The van der Waals surface area contributed by atoms with Crippen LogP contribution in [-0.2, 0) is 0 Å². The van der Waals surface area contributed by atoms with Gasteiger partial charge in [0.05, 0.1) is 7.11 Å². The predicted molar refractivity (Wildman–Crippen MR) is 96.3 cm³/mol. The quantitative estimate of drug-likeness (QED) is 0.874. The fraction of sp³-hybridized carbons (Fsp3) is 0.368. The second-order valence-electron chi connectivity index (χ2n) is 6.42. The van der Waals surface area contributed by atoms with Gasteiger partial charge in [-0.25, -0.2) is 4.98 Å². The van der Waals surface area contributed by atoms with Crippen LogP contribution in [-0.4, -0.2) is 32.0 Å².